The maximum absolute atomic E-state index is 13.3. The maximum atomic E-state index is 13.3. The van der Waals surface area contributed by atoms with Gasteiger partial charge < -0.3 is 5.73 Å². The summed E-state index contributed by atoms with van der Waals surface area (Å²) in [6.07, 6.45) is 1.59. The Labute approximate surface area is 89.3 Å². The second-order valence-electron chi connectivity index (χ2n) is 4.24. The number of halogens is 2. The fourth-order valence-corrected chi connectivity index (χ4v) is 1.47. The summed E-state index contributed by atoms with van der Waals surface area (Å²) in [7, 11) is 0. The molecular formula is C12H17F2N. The van der Waals surface area contributed by atoms with Crippen LogP contribution in [0.5, 0.6) is 0 Å². The van der Waals surface area contributed by atoms with E-state index in [4.69, 9.17) is 5.73 Å². The van der Waals surface area contributed by atoms with E-state index in [-0.39, 0.29) is 5.56 Å². The Morgan fingerprint density at radius 2 is 1.87 bits per heavy atom. The molecule has 0 aliphatic rings. The molecule has 15 heavy (non-hydrogen) atoms. The van der Waals surface area contributed by atoms with Crippen LogP contribution in [-0.4, -0.2) is 0 Å². The van der Waals surface area contributed by atoms with E-state index in [2.05, 4.69) is 13.8 Å². The zero-order valence-corrected chi connectivity index (χ0v) is 9.13. The molecule has 0 bridgehead atoms. The van der Waals surface area contributed by atoms with Crippen molar-refractivity contribution in [3.63, 3.8) is 0 Å². The molecule has 84 valence electrons. The van der Waals surface area contributed by atoms with Crippen molar-refractivity contribution >= 4 is 0 Å². The van der Waals surface area contributed by atoms with Gasteiger partial charge in [0.1, 0.15) is 11.6 Å². The molecule has 0 fully saturated rings. The first kappa shape index (κ1) is 12.1. The highest BCUT2D eigenvalue weighted by Gasteiger charge is 2.12. The van der Waals surface area contributed by atoms with E-state index in [0.29, 0.717) is 12.3 Å². The molecule has 0 unspecified atom stereocenters. The summed E-state index contributed by atoms with van der Waals surface area (Å²) in [5, 5.41) is 0. The fraction of sp³-hybridized carbons (Fsp3) is 0.500. The third kappa shape index (κ3) is 3.59. The molecule has 1 aromatic carbocycles. The van der Waals surface area contributed by atoms with Gasteiger partial charge in [0.25, 0.3) is 0 Å². The maximum Gasteiger partial charge on any atom is 0.128 e. The van der Waals surface area contributed by atoms with Gasteiger partial charge in [-0.2, -0.15) is 0 Å². The minimum atomic E-state index is -0.439. The van der Waals surface area contributed by atoms with Gasteiger partial charge in [-0.05, 0) is 37.0 Å². The number of hydrogen-bond donors (Lipinski definition) is 1. The SMILES string of the molecule is CC(C)CC[C@@H](N)c1cc(F)ccc1F. The van der Waals surface area contributed by atoms with E-state index in [1.54, 1.807) is 0 Å². The van der Waals surface area contributed by atoms with Crippen molar-refractivity contribution in [3.05, 3.63) is 35.4 Å². The highest BCUT2D eigenvalue weighted by Crippen LogP contribution is 2.21. The molecule has 0 spiro atoms. The summed E-state index contributed by atoms with van der Waals surface area (Å²) in [6.45, 7) is 4.16. The van der Waals surface area contributed by atoms with Gasteiger partial charge in [-0.3, -0.25) is 0 Å². The van der Waals surface area contributed by atoms with Crippen LogP contribution in [0.25, 0.3) is 0 Å². The van der Waals surface area contributed by atoms with Gasteiger partial charge in [-0.15, -0.1) is 0 Å². The van der Waals surface area contributed by atoms with Gasteiger partial charge in [0.15, 0.2) is 0 Å². The summed E-state index contributed by atoms with van der Waals surface area (Å²) in [4.78, 5) is 0. The normalized spacial score (nSPS) is 13.2. The van der Waals surface area contributed by atoms with Crippen molar-refractivity contribution < 1.29 is 8.78 Å². The highest BCUT2D eigenvalue weighted by atomic mass is 19.1. The topological polar surface area (TPSA) is 26.0 Å². The van der Waals surface area contributed by atoms with E-state index in [0.717, 1.165) is 18.6 Å². The monoisotopic (exact) mass is 213 g/mol. The van der Waals surface area contributed by atoms with Crippen molar-refractivity contribution in [2.24, 2.45) is 11.7 Å². The predicted octanol–water partition coefficient (Wildman–Crippen LogP) is 3.40. The molecule has 0 saturated carbocycles. The Balaban J connectivity index is 2.72. The van der Waals surface area contributed by atoms with Crippen LogP contribution in [0.15, 0.2) is 18.2 Å². The van der Waals surface area contributed by atoms with E-state index < -0.39 is 17.7 Å². The zero-order valence-electron chi connectivity index (χ0n) is 9.13. The Bertz CT molecular complexity index is 323. The molecule has 0 amide bonds. The smallest absolute Gasteiger partial charge is 0.128 e. The number of hydrogen-bond acceptors (Lipinski definition) is 1. The van der Waals surface area contributed by atoms with Crippen molar-refractivity contribution in [1.29, 1.82) is 0 Å². The second kappa shape index (κ2) is 5.21. The van der Waals surface area contributed by atoms with Crippen molar-refractivity contribution in [3.8, 4) is 0 Å². The number of nitrogens with two attached hydrogens (primary N) is 1. The van der Waals surface area contributed by atoms with E-state index in [1.165, 1.54) is 6.07 Å². The fourth-order valence-electron chi connectivity index (χ4n) is 1.47. The van der Waals surface area contributed by atoms with Crippen LogP contribution in [0.1, 0.15) is 38.3 Å². The Morgan fingerprint density at radius 3 is 2.47 bits per heavy atom. The first-order valence-electron chi connectivity index (χ1n) is 5.21. The Morgan fingerprint density at radius 1 is 1.20 bits per heavy atom. The summed E-state index contributed by atoms with van der Waals surface area (Å²) in [6, 6.07) is 3.00. The first-order valence-corrected chi connectivity index (χ1v) is 5.21. The van der Waals surface area contributed by atoms with Crippen molar-refractivity contribution in [2.75, 3.05) is 0 Å². The lowest BCUT2D eigenvalue weighted by Gasteiger charge is -2.14. The van der Waals surface area contributed by atoms with Gasteiger partial charge in [-0.1, -0.05) is 13.8 Å². The average Bonchev–Trinajstić information content (AvgIpc) is 2.18. The lowest BCUT2D eigenvalue weighted by Crippen LogP contribution is -2.13. The van der Waals surface area contributed by atoms with Crippen LogP contribution in [0.2, 0.25) is 0 Å². The number of benzene rings is 1. The van der Waals surface area contributed by atoms with Gasteiger partial charge >= 0.3 is 0 Å². The third-order valence-electron chi connectivity index (χ3n) is 2.41. The molecular weight excluding hydrogens is 196 g/mol. The average molecular weight is 213 g/mol. The lowest BCUT2D eigenvalue weighted by molar-refractivity contribution is 0.487. The Hall–Kier alpha value is -0.960. The van der Waals surface area contributed by atoms with Crippen LogP contribution in [-0.2, 0) is 0 Å². The van der Waals surface area contributed by atoms with E-state index in [9.17, 15) is 8.78 Å². The summed E-state index contributed by atoms with van der Waals surface area (Å²) in [5.41, 5.74) is 6.08. The molecule has 2 N–H and O–H groups in total. The van der Waals surface area contributed by atoms with Crippen LogP contribution >= 0.6 is 0 Å². The quantitative estimate of drug-likeness (QED) is 0.815. The van der Waals surface area contributed by atoms with Crippen LogP contribution < -0.4 is 5.73 Å². The molecule has 0 aliphatic carbocycles. The molecule has 0 saturated heterocycles. The lowest BCUT2D eigenvalue weighted by atomic mass is 9.98. The standard InChI is InChI=1S/C12H17F2N/c1-8(2)3-6-12(15)10-7-9(13)4-5-11(10)14/h4-5,7-8,12H,3,6,15H2,1-2H3/t12-/m1/s1. The Kier molecular flexibility index (Phi) is 4.21. The van der Waals surface area contributed by atoms with Gasteiger partial charge in [-0.25, -0.2) is 8.78 Å². The summed E-state index contributed by atoms with van der Waals surface area (Å²) >= 11 is 0. The molecule has 0 aliphatic heterocycles. The van der Waals surface area contributed by atoms with Crippen LogP contribution in [0.3, 0.4) is 0 Å². The zero-order chi connectivity index (χ0) is 11.4. The van der Waals surface area contributed by atoms with E-state index in [1.807, 2.05) is 0 Å². The minimum Gasteiger partial charge on any atom is -0.324 e. The third-order valence-corrected chi connectivity index (χ3v) is 2.41. The summed E-state index contributed by atoms with van der Waals surface area (Å²) < 4.78 is 26.2. The van der Waals surface area contributed by atoms with Crippen LogP contribution in [0.4, 0.5) is 8.78 Å². The van der Waals surface area contributed by atoms with E-state index >= 15 is 0 Å². The van der Waals surface area contributed by atoms with Crippen LogP contribution in [0, 0.1) is 17.6 Å². The van der Waals surface area contributed by atoms with Gasteiger partial charge in [0.05, 0.1) is 0 Å². The molecule has 1 nitrogen and oxygen atoms in total. The molecule has 0 aromatic heterocycles. The molecule has 0 heterocycles. The highest BCUT2D eigenvalue weighted by molar-refractivity contribution is 5.21. The second-order valence-corrected chi connectivity index (χ2v) is 4.24. The molecule has 1 rings (SSSR count). The van der Waals surface area contributed by atoms with Crippen molar-refractivity contribution in [1.82, 2.24) is 0 Å². The predicted molar refractivity (Wildman–Crippen MR) is 57.4 cm³/mol. The number of rotatable bonds is 4. The molecule has 3 heteroatoms. The largest absolute Gasteiger partial charge is 0.324 e. The van der Waals surface area contributed by atoms with Gasteiger partial charge in [0, 0.05) is 11.6 Å². The summed E-state index contributed by atoms with van der Waals surface area (Å²) in [5.74, 6) is -0.341. The molecule has 1 aromatic rings. The molecule has 0 radical (unpaired) electrons. The minimum absolute atomic E-state index is 0.274. The van der Waals surface area contributed by atoms with Gasteiger partial charge in [0.2, 0.25) is 0 Å². The first-order chi connectivity index (χ1) is 7.00. The molecule has 1 atom stereocenters. The van der Waals surface area contributed by atoms with Crippen molar-refractivity contribution in [2.45, 2.75) is 32.7 Å².